The van der Waals surface area contributed by atoms with Gasteiger partial charge in [0.2, 0.25) is 0 Å². The first-order chi connectivity index (χ1) is 10.9. The second-order valence-corrected chi connectivity index (χ2v) is 39.6. The van der Waals surface area contributed by atoms with Crippen LogP contribution in [0.4, 0.5) is 0 Å². The molecule has 13 nitrogen and oxygen atoms in total. The number of carbonyl (C=O) groups excluding carboxylic acids is 12. The molecule has 0 bridgehead atoms. The van der Waals surface area contributed by atoms with Gasteiger partial charge in [0, 0.05) is 0 Å². The van der Waals surface area contributed by atoms with E-state index in [0.717, 1.165) is 0 Å². The summed E-state index contributed by atoms with van der Waals surface area (Å²) in [5, 5.41) is 0. The predicted molar refractivity (Wildman–Crippen MR) is 71.9 cm³/mol. The minimum absolute atomic E-state index is 0. The zero-order valence-electron chi connectivity index (χ0n) is 11.8. The monoisotopic (exact) mass is 456 g/mol. The van der Waals surface area contributed by atoms with Crippen LogP contribution in [0.3, 0.4) is 0 Å². The first kappa shape index (κ1) is 23.8. The molecular weight excluding hydrogens is 453 g/mol. The molecule has 0 rings (SSSR count). The molecule has 0 amide bonds. The molecule has 0 radical (unpaired) electrons. The molecule has 0 saturated carbocycles. The number of hydrogen-bond acceptors (Lipinski definition) is 12. The van der Waals surface area contributed by atoms with E-state index in [1.54, 1.807) is 0 Å². The molecular formula is C12H2O13Ru. The molecule has 136 valence electrons. The summed E-state index contributed by atoms with van der Waals surface area (Å²) in [6.45, 7) is 0. The Morgan fingerprint density at radius 1 is 0.269 bits per heavy atom. The molecule has 0 aliphatic rings. The van der Waals surface area contributed by atoms with Crippen molar-refractivity contribution in [3.8, 4) is 0 Å². The Labute approximate surface area is 117 Å². The van der Waals surface area contributed by atoms with Crippen molar-refractivity contribution in [1.82, 2.24) is 0 Å². The van der Waals surface area contributed by atoms with Crippen LogP contribution in [0, 0.1) is 0 Å². The van der Waals surface area contributed by atoms with Crippen molar-refractivity contribution in [3.63, 3.8) is 0 Å². The van der Waals surface area contributed by atoms with Gasteiger partial charge in [0.25, 0.3) is 0 Å². The molecule has 0 aliphatic carbocycles. The van der Waals surface area contributed by atoms with Crippen LogP contribution in [0.15, 0.2) is 0 Å². The molecule has 0 aliphatic heterocycles. The normalized spacial score (nSPS) is 19.4. The fraction of sp³-hybridized carbons (Fsp3) is 0. The van der Waals surface area contributed by atoms with Crippen LogP contribution in [-0.2, 0) is 57.5 Å². The Balaban J connectivity index is 0. The van der Waals surface area contributed by atoms with Crippen molar-refractivity contribution in [3.05, 3.63) is 0 Å². The predicted octanol–water partition coefficient (Wildman–Crippen LogP) is -5.59. The molecule has 2 N–H and O–H groups in total. The molecule has 26 heavy (non-hydrogen) atoms. The summed E-state index contributed by atoms with van der Waals surface area (Å²) in [4.78, 5) is 144. The topological polar surface area (TPSA) is 236 Å². The zero-order chi connectivity index (χ0) is 20.8. The summed E-state index contributed by atoms with van der Waals surface area (Å²) in [6.07, 6.45) is 0. The van der Waals surface area contributed by atoms with Gasteiger partial charge in [0.05, 0.1) is 0 Å². The van der Waals surface area contributed by atoms with Gasteiger partial charge >= 0.3 is 111 Å². The Morgan fingerprint density at radius 2 is 0.346 bits per heavy atom. The van der Waals surface area contributed by atoms with E-state index in [1.165, 1.54) is 0 Å². The van der Waals surface area contributed by atoms with Gasteiger partial charge in [0.1, 0.15) is 0 Å². The van der Waals surface area contributed by atoms with Crippen LogP contribution in [-0.4, -0.2) is 59.2 Å². The molecule has 0 spiro atoms. The van der Waals surface area contributed by atoms with E-state index >= 15 is 0 Å². The van der Waals surface area contributed by atoms with E-state index in [0.29, 0.717) is 0 Å². The van der Waals surface area contributed by atoms with E-state index in [1.807, 2.05) is 0 Å². The van der Waals surface area contributed by atoms with Crippen molar-refractivity contribution < 1.29 is 63.0 Å². The van der Waals surface area contributed by atoms with E-state index in [-0.39, 0.29) is 5.48 Å². The van der Waals surface area contributed by atoms with Crippen molar-refractivity contribution in [2.24, 2.45) is 0 Å². The zero-order valence-corrected chi connectivity index (χ0v) is 13.5. The van der Waals surface area contributed by atoms with Crippen molar-refractivity contribution >= 4 is 53.7 Å². The first-order valence-corrected chi connectivity index (χ1v) is 15.0. The number of hydrogen-bond donors (Lipinski definition) is 0. The molecule has 0 heterocycles. The van der Waals surface area contributed by atoms with Gasteiger partial charge in [-0.3, -0.25) is 0 Å². The molecule has 0 fully saturated rings. The molecule has 0 saturated heterocycles. The van der Waals surface area contributed by atoms with E-state index in [2.05, 4.69) is 0 Å². The molecule has 0 unspecified atom stereocenters. The second-order valence-electron chi connectivity index (χ2n) is 6.70. The van der Waals surface area contributed by atoms with Gasteiger partial charge in [-0.1, -0.05) is 0 Å². The van der Waals surface area contributed by atoms with E-state index in [9.17, 15) is 57.5 Å². The average Bonchev–Trinajstić information content (AvgIpc) is 2.79. The Bertz CT molecular complexity index is 3190. The van der Waals surface area contributed by atoms with Crippen LogP contribution in [0.5, 0.6) is 0 Å². The van der Waals surface area contributed by atoms with Crippen LogP contribution in [0.1, 0.15) is 0 Å². The Hall–Kier alpha value is -4.46. The second kappa shape index (κ2) is 1.45. The molecule has 0 aromatic heterocycles. The third-order valence-corrected chi connectivity index (χ3v) is 28.2. The molecule has 0 atom stereocenters. The number of rotatable bonds is 0. The Kier molecular flexibility index (Phi) is 1.33. The standard InChI is InChI=1S/12CO.H2O.Ru/c12*1-2;;/h;;;;;;;;;;;;1H2;. The third-order valence-electron chi connectivity index (χ3n) is 4.76. The molecule has 0 aromatic rings. The molecule has 14 heteroatoms. The first-order valence-electron chi connectivity index (χ1n) is 4.57. The van der Waals surface area contributed by atoms with Gasteiger partial charge in [-0.2, -0.15) is 0 Å². The summed E-state index contributed by atoms with van der Waals surface area (Å²) in [6, 6.07) is 0. The fourth-order valence-electron chi connectivity index (χ4n) is 0.972. The van der Waals surface area contributed by atoms with Crippen LogP contribution >= 0.6 is 0 Å². The van der Waals surface area contributed by atoms with Crippen molar-refractivity contribution in [2.75, 3.05) is 0 Å². The summed E-state index contributed by atoms with van der Waals surface area (Å²) in [7, 11) is 0. The minimum atomic E-state index is -15.8. The summed E-state index contributed by atoms with van der Waals surface area (Å²) in [5.41, 5.74) is 0. The maximum absolute atomic E-state index is 15.8. The SMILES string of the molecule is O.O=[C]=[Ru](=[C]=O)(=[C]=O)(=[C]=O)(=[C]=O)(=[C]=O)(=[C]=O)(=[C]=O)(=[C]=O)(=[C]=O)(=[C]=O)=[C]=O. The average molecular weight is 455 g/mol. The summed E-state index contributed by atoms with van der Waals surface area (Å²) < 4.78 is -29.5. The quantitative estimate of drug-likeness (QED) is 0.311. The third kappa shape index (κ3) is 0.413. The van der Waals surface area contributed by atoms with Gasteiger partial charge in [-0.25, -0.2) is 0 Å². The van der Waals surface area contributed by atoms with Crippen molar-refractivity contribution in [2.45, 2.75) is 0 Å². The van der Waals surface area contributed by atoms with Gasteiger partial charge in [-0.05, 0) is 0 Å². The maximum atomic E-state index is 12.0. The van der Waals surface area contributed by atoms with Crippen LogP contribution in [0.2, 0.25) is 0 Å². The fourth-order valence-corrected chi connectivity index (χ4v) is 5.75. The van der Waals surface area contributed by atoms with Crippen LogP contribution < -0.4 is 0 Å². The van der Waals surface area contributed by atoms with E-state index in [4.69, 9.17) is 0 Å². The van der Waals surface area contributed by atoms with Crippen LogP contribution in [0.25, 0.3) is 0 Å². The van der Waals surface area contributed by atoms with Crippen molar-refractivity contribution in [1.29, 1.82) is 0 Å². The summed E-state index contributed by atoms with van der Waals surface area (Å²) >= 11 is 0. The summed E-state index contributed by atoms with van der Waals surface area (Å²) in [5.74, 6) is 0. The van der Waals surface area contributed by atoms with Gasteiger partial charge in [0.15, 0.2) is 0 Å². The Morgan fingerprint density at radius 3 is 0.346 bits per heavy atom. The van der Waals surface area contributed by atoms with Gasteiger partial charge in [-0.15, -0.1) is 0 Å². The van der Waals surface area contributed by atoms with Gasteiger partial charge < -0.3 is 5.48 Å². The molecule has 0 aromatic carbocycles. The van der Waals surface area contributed by atoms with E-state index < -0.39 is 53.6 Å².